The highest BCUT2D eigenvalue weighted by molar-refractivity contribution is 5.79. The van der Waals surface area contributed by atoms with Crippen LogP contribution in [0.3, 0.4) is 0 Å². The summed E-state index contributed by atoms with van der Waals surface area (Å²) < 4.78 is 5.88. The molecule has 0 unspecified atom stereocenters. The summed E-state index contributed by atoms with van der Waals surface area (Å²) in [5.74, 6) is 1.79. The van der Waals surface area contributed by atoms with E-state index in [0.29, 0.717) is 0 Å². The van der Waals surface area contributed by atoms with Gasteiger partial charge in [0, 0.05) is 12.0 Å². The van der Waals surface area contributed by atoms with E-state index in [-0.39, 0.29) is 0 Å². The summed E-state index contributed by atoms with van der Waals surface area (Å²) in [5, 5.41) is 0. The van der Waals surface area contributed by atoms with Crippen LogP contribution in [0.2, 0.25) is 0 Å². The Morgan fingerprint density at radius 3 is 1.93 bits per heavy atom. The van der Waals surface area contributed by atoms with Crippen molar-refractivity contribution in [3.05, 3.63) is 93.6 Å². The predicted molar refractivity (Wildman–Crippen MR) is 114 cm³/mol. The zero-order valence-electron chi connectivity index (χ0n) is 17.0. The van der Waals surface area contributed by atoms with Crippen LogP contribution >= 0.6 is 0 Å². The molecule has 0 saturated carbocycles. The van der Waals surface area contributed by atoms with Crippen LogP contribution in [0.4, 0.5) is 0 Å². The van der Waals surface area contributed by atoms with E-state index in [2.05, 4.69) is 69.3 Å². The summed E-state index contributed by atoms with van der Waals surface area (Å²) in [7, 11) is 0. The Balaban J connectivity index is 1.55. The lowest BCUT2D eigenvalue weighted by Gasteiger charge is -2.06. The van der Waals surface area contributed by atoms with Crippen LogP contribution in [0, 0.1) is 20.8 Å². The first-order valence-electron chi connectivity index (χ1n) is 9.92. The van der Waals surface area contributed by atoms with Crippen LogP contribution in [0.5, 0.6) is 0 Å². The molecule has 142 valence electrons. The second-order valence-corrected chi connectivity index (χ2v) is 7.56. The van der Waals surface area contributed by atoms with E-state index < -0.39 is 0 Å². The zero-order valence-corrected chi connectivity index (χ0v) is 17.0. The van der Waals surface area contributed by atoms with Crippen LogP contribution in [0.1, 0.15) is 52.0 Å². The third-order valence-corrected chi connectivity index (χ3v) is 5.37. The second kappa shape index (κ2) is 7.59. The molecule has 28 heavy (non-hydrogen) atoms. The highest BCUT2D eigenvalue weighted by atomic mass is 16.3. The summed E-state index contributed by atoms with van der Waals surface area (Å²) in [4.78, 5) is 9.56. The highest BCUT2D eigenvalue weighted by Gasteiger charge is 2.15. The van der Waals surface area contributed by atoms with Crippen LogP contribution in [0.25, 0.3) is 11.1 Å². The monoisotopic (exact) mass is 370 g/mol. The molecule has 0 atom stereocenters. The number of aromatic nitrogens is 2. The Labute approximate surface area is 166 Å². The summed E-state index contributed by atoms with van der Waals surface area (Å²) in [5.41, 5.74) is 9.08. The quantitative estimate of drug-likeness (QED) is 0.439. The molecule has 0 saturated heterocycles. The third kappa shape index (κ3) is 3.70. The first-order valence-corrected chi connectivity index (χ1v) is 9.92. The van der Waals surface area contributed by atoms with Crippen LogP contribution in [0.15, 0.2) is 52.9 Å². The van der Waals surface area contributed by atoms with Crippen LogP contribution < -0.4 is 0 Å². The van der Waals surface area contributed by atoms with E-state index in [9.17, 15) is 0 Å². The van der Waals surface area contributed by atoms with Crippen LogP contribution in [-0.2, 0) is 19.3 Å². The fraction of sp³-hybridized carbons (Fsp3) is 0.280. The van der Waals surface area contributed by atoms with Gasteiger partial charge in [-0.05, 0) is 50.3 Å². The number of benzene rings is 2. The minimum absolute atomic E-state index is 0.734. The number of fused-ring (bicyclic) bond motifs is 1. The molecule has 0 aliphatic heterocycles. The van der Waals surface area contributed by atoms with Gasteiger partial charge >= 0.3 is 0 Å². The van der Waals surface area contributed by atoms with E-state index in [1.807, 2.05) is 6.92 Å². The van der Waals surface area contributed by atoms with Crippen molar-refractivity contribution < 1.29 is 4.42 Å². The van der Waals surface area contributed by atoms with Gasteiger partial charge in [0.25, 0.3) is 0 Å². The van der Waals surface area contributed by atoms with Crippen molar-refractivity contribution in [1.29, 1.82) is 0 Å². The molecule has 2 heterocycles. The van der Waals surface area contributed by atoms with Gasteiger partial charge in [-0.25, -0.2) is 9.97 Å². The van der Waals surface area contributed by atoms with Gasteiger partial charge in [-0.3, -0.25) is 0 Å². The lowest BCUT2D eigenvalue weighted by molar-refractivity contribution is 0.568. The Bertz CT molecular complexity index is 1110. The SMILES string of the molecule is CCc1nc(Cc2ccc(Cc3ccc(C)cc3)cc2)nc2c(C)c(C)oc12. The Morgan fingerprint density at radius 1 is 0.750 bits per heavy atom. The molecule has 0 aliphatic rings. The lowest BCUT2D eigenvalue weighted by atomic mass is 10.0. The molecule has 0 aliphatic carbocycles. The van der Waals surface area contributed by atoms with Crippen molar-refractivity contribution in [2.75, 3.05) is 0 Å². The fourth-order valence-corrected chi connectivity index (χ4v) is 3.52. The van der Waals surface area contributed by atoms with Gasteiger partial charge in [0.15, 0.2) is 5.58 Å². The number of hydrogen-bond acceptors (Lipinski definition) is 3. The largest absolute Gasteiger partial charge is 0.457 e. The van der Waals surface area contributed by atoms with E-state index in [0.717, 1.165) is 53.2 Å². The second-order valence-electron chi connectivity index (χ2n) is 7.56. The van der Waals surface area contributed by atoms with Crippen molar-refractivity contribution in [2.24, 2.45) is 0 Å². The van der Waals surface area contributed by atoms with E-state index >= 15 is 0 Å². The number of nitrogens with zero attached hydrogens (tertiary/aromatic N) is 2. The summed E-state index contributed by atoms with van der Waals surface area (Å²) >= 11 is 0. The molecule has 3 nitrogen and oxygen atoms in total. The highest BCUT2D eigenvalue weighted by Crippen LogP contribution is 2.26. The molecule has 2 aromatic carbocycles. The zero-order chi connectivity index (χ0) is 19.7. The lowest BCUT2D eigenvalue weighted by Crippen LogP contribution is -2.01. The van der Waals surface area contributed by atoms with Crippen molar-refractivity contribution >= 4 is 11.1 Å². The Hall–Kier alpha value is -2.94. The topological polar surface area (TPSA) is 38.9 Å². The van der Waals surface area contributed by atoms with Gasteiger partial charge in [0.1, 0.15) is 17.1 Å². The van der Waals surface area contributed by atoms with E-state index in [1.165, 1.54) is 22.3 Å². The molecule has 3 heteroatoms. The molecule has 0 N–H and O–H groups in total. The number of hydrogen-bond donors (Lipinski definition) is 0. The Morgan fingerprint density at radius 2 is 1.32 bits per heavy atom. The molecule has 0 bridgehead atoms. The smallest absolute Gasteiger partial charge is 0.174 e. The molecular formula is C25H26N2O. The van der Waals surface area contributed by atoms with Gasteiger partial charge in [0.05, 0.1) is 5.69 Å². The molecule has 0 amide bonds. The number of aryl methyl sites for hydroxylation is 4. The van der Waals surface area contributed by atoms with E-state index in [4.69, 9.17) is 14.4 Å². The molecule has 0 fully saturated rings. The maximum atomic E-state index is 5.88. The molecule has 2 aromatic heterocycles. The predicted octanol–water partition coefficient (Wildman–Crippen LogP) is 5.89. The molecule has 4 rings (SSSR count). The molecule has 0 spiro atoms. The summed E-state index contributed by atoms with van der Waals surface area (Å²) in [6.07, 6.45) is 2.53. The van der Waals surface area contributed by atoms with E-state index in [1.54, 1.807) is 0 Å². The average molecular weight is 370 g/mol. The number of rotatable bonds is 5. The normalized spacial score (nSPS) is 11.3. The molecule has 4 aromatic rings. The van der Waals surface area contributed by atoms with Crippen LogP contribution in [-0.4, -0.2) is 9.97 Å². The van der Waals surface area contributed by atoms with Crippen molar-refractivity contribution in [3.8, 4) is 0 Å². The molecule has 0 radical (unpaired) electrons. The van der Waals surface area contributed by atoms with Crippen molar-refractivity contribution in [2.45, 2.75) is 47.0 Å². The van der Waals surface area contributed by atoms with Gasteiger partial charge in [-0.2, -0.15) is 0 Å². The third-order valence-electron chi connectivity index (χ3n) is 5.37. The first kappa shape index (κ1) is 18.4. The number of furan rings is 1. The summed E-state index contributed by atoms with van der Waals surface area (Å²) in [6, 6.07) is 17.5. The van der Waals surface area contributed by atoms with Gasteiger partial charge in [-0.15, -0.1) is 0 Å². The van der Waals surface area contributed by atoms with Gasteiger partial charge < -0.3 is 4.42 Å². The minimum Gasteiger partial charge on any atom is -0.457 e. The maximum absolute atomic E-state index is 5.88. The standard InChI is InChI=1S/C25H26N2O/c1-5-22-25-24(17(3)18(4)28-25)27-23(26-22)15-21-12-10-20(11-13-21)14-19-8-6-16(2)7-9-19/h6-13H,5,14-15H2,1-4H3. The Kier molecular flexibility index (Phi) is 4.99. The summed E-state index contributed by atoms with van der Waals surface area (Å²) in [6.45, 7) is 8.28. The minimum atomic E-state index is 0.734. The van der Waals surface area contributed by atoms with Crippen molar-refractivity contribution in [1.82, 2.24) is 9.97 Å². The maximum Gasteiger partial charge on any atom is 0.174 e. The van der Waals surface area contributed by atoms with Gasteiger partial charge in [0.2, 0.25) is 0 Å². The first-order chi connectivity index (χ1) is 13.5. The molecular weight excluding hydrogens is 344 g/mol. The average Bonchev–Trinajstić information content (AvgIpc) is 2.99. The fourth-order valence-electron chi connectivity index (χ4n) is 3.52. The van der Waals surface area contributed by atoms with Gasteiger partial charge in [-0.1, -0.05) is 61.0 Å². The van der Waals surface area contributed by atoms with Crippen molar-refractivity contribution in [3.63, 3.8) is 0 Å².